The van der Waals surface area contributed by atoms with E-state index in [1.54, 1.807) is 14.0 Å². The van der Waals surface area contributed by atoms with Crippen molar-refractivity contribution in [3.63, 3.8) is 0 Å². The Bertz CT molecular complexity index is 1100. The van der Waals surface area contributed by atoms with Gasteiger partial charge in [0.1, 0.15) is 0 Å². The molecule has 1 aromatic heterocycles. The Hall–Kier alpha value is -3.02. The lowest BCUT2D eigenvalue weighted by molar-refractivity contribution is -0.115. The smallest absolute Gasteiger partial charge is 0.296 e. The average molecular weight is 494 g/mol. The van der Waals surface area contributed by atoms with Crippen LogP contribution >= 0.6 is 0 Å². The van der Waals surface area contributed by atoms with E-state index in [9.17, 15) is 4.79 Å². The van der Waals surface area contributed by atoms with Gasteiger partial charge in [0.2, 0.25) is 0 Å². The first-order valence-corrected chi connectivity index (χ1v) is 13.1. The lowest BCUT2D eigenvalue weighted by atomic mass is 10.0. The van der Waals surface area contributed by atoms with Gasteiger partial charge in [0.15, 0.2) is 11.5 Å². The van der Waals surface area contributed by atoms with Crippen LogP contribution in [-0.2, 0) is 11.3 Å². The third-order valence-electron chi connectivity index (χ3n) is 6.97. The number of benzene rings is 1. The fourth-order valence-corrected chi connectivity index (χ4v) is 4.95. The fraction of sp³-hybridized carbons (Fsp3) is 0.571. The minimum Gasteiger partial charge on any atom is -0.493 e. The van der Waals surface area contributed by atoms with E-state index in [0.717, 1.165) is 61.2 Å². The minimum atomic E-state index is -0.305. The van der Waals surface area contributed by atoms with Gasteiger partial charge in [-0.25, -0.2) is 0 Å². The van der Waals surface area contributed by atoms with Gasteiger partial charge in [-0.05, 0) is 90.3 Å². The van der Waals surface area contributed by atoms with Crippen LogP contribution in [0.25, 0.3) is 10.9 Å². The van der Waals surface area contributed by atoms with Crippen molar-refractivity contribution in [2.75, 3.05) is 58.8 Å². The van der Waals surface area contributed by atoms with Crippen LogP contribution in [0.15, 0.2) is 18.2 Å². The van der Waals surface area contributed by atoms with E-state index in [4.69, 9.17) is 14.5 Å². The number of pyridine rings is 1. The van der Waals surface area contributed by atoms with Crippen molar-refractivity contribution in [3.8, 4) is 23.3 Å². The Kier molecular flexibility index (Phi) is 9.26. The monoisotopic (exact) mass is 493 g/mol. The normalized spacial score (nSPS) is 17.0. The van der Waals surface area contributed by atoms with Crippen LogP contribution in [0.4, 0.5) is 5.69 Å². The SMILES string of the molecule is CC#CC(=O)NCc1cc(NC2CCN(C)CC2)c2cc(OC)c(OCCCN3CCCC3)cc2n1. The molecule has 0 radical (unpaired) electrons. The first-order valence-electron chi connectivity index (χ1n) is 13.1. The lowest BCUT2D eigenvalue weighted by Crippen LogP contribution is -2.36. The predicted octanol–water partition coefficient (Wildman–Crippen LogP) is 3.25. The first-order chi connectivity index (χ1) is 17.6. The highest BCUT2D eigenvalue weighted by Gasteiger charge is 2.19. The Morgan fingerprint density at radius 3 is 2.64 bits per heavy atom. The topological polar surface area (TPSA) is 79.0 Å². The first kappa shape index (κ1) is 26.1. The summed E-state index contributed by atoms with van der Waals surface area (Å²) in [5.41, 5.74) is 2.59. The molecule has 0 unspecified atom stereocenters. The third-order valence-corrected chi connectivity index (χ3v) is 6.97. The van der Waals surface area contributed by atoms with Crippen molar-refractivity contribution < 1.29 is 14.3 Å². The van der Waals surface area contributed by atoms with Crippen LogP contribution in [0.1, 0.15) is 44.7 Å². The van der Waals surface area contributed by atoms with Gasteiger partial charge in [-0.2, -0.15) is 0 Å². The maximum atomic E-state index is 11.9. The second-order valence-electron chi connectivity index (χ2n) is 9.71. The molecule has 1 aromatic carbocycles. The number of likely N-dealkylation sites (tertiary alicyclic amines) is 2. The van der Waals surface area contributed by atoms with Crippen molar-refractivity contribution in [2.24, 2.45) is 0 Å². The zero-order valence-corrected chi connectivity index (χ0v) is 21.9. The Labute approximate surface area is 214 Å². The molecular weight excluding hydrogens is 454 g/mol. The molecule has 0 aliphatic carbocycles. The fourth-order valence-electron chi connectivity index (χ4n) is 4.95. The highest BCUT2D eigenvalue weighted by molar-refractivity contribution is 5.95. The Balaban J connectivity index is 1.56. The molecule has 36 heavy (non-hydrogen) atoms. The number of hydrogen-bond donors (Lipinski definition) is 2. The lowest BCUT2D eigenvalue weighted by Gasteiger charge is -2.30. The van der Waals surface area contributed by atoms with E-state index in [1.165, 1.54) is 25.9 Å². The number of methoxy groups -OCH3 is 1. The molecule has 2 N–H and O–H groups in total. The van der Waals surface area contributed by atoms with Gasteiger partial charge < -0.3 is 29.9 Å². The van der Waals surface area contributed by atoms with Gasteiger partial charge in [0, 0.05) is 29.7 Å². The molecule has 194 valence electrons. The third kappa shape index (κ3) is 7.02. The number of nitrogens with one attached hydrogen (secondary N) is 2. The second-order valence-corrected chi connectivity index (χ2v) is 9.71. The quantitative estimate of drug-likeness (QED) is 0.389. The number of ether oxygens (including phenoxy) is 2. The number of nitrogens with zero attached hydrogens (tertiary/aromatic N) is 3. The summed E-state index contributed by atoms with van der Waals surface area (Å²) in [4.78, 5) is 21.6. The number of rotatable bonds is 10. The van der Waals surface area contributed by atoms with Gasteiger partial charge in [-0.3, -0.25) is 9.78 Å². The van der Waals surface area contributed by atoms with Crippen molar-refractivity contribution in [3.05, 3.63) is 23.9 Å². The molecule has 3 heterocycles. The highest BCUT2D eigenvalue weighted by atomic mass is 16.5. The molecule has 2 fully saturated rings. The molecule has 0 spiro atoms. The number of amides is 1. The van der Waals surface area contributed by atoms with E-state index >= 15 is 0 Å². The summed E-state index contributed by atoms with van der Waals surface area (Å²) in [6.45, 7) is 8.17. The van der Waals surface area contributed by atoms with Crippen LogP contribution in [0.5, 0.6) is 11.5 Å². The van der Waals surface area contributed by atoms with Gasteiger partial charge in [-0.1, -0.05) is 5.92 Å². The van der Waals surface area contributed by atoms with E-state index < -0.39 is 0 Å². The van der Waals surface area contributed by atoms with Crippen molar-refractivity contribution in [1.29, 1.82) is 0 Å². The van der Waals surface area contributed by atoms with Gasteiger partial charge in [-0.15, -0.1) is 0 Å². The Morgan fingerprint density at radius 1 is 1.14 bits per heavy atom. The predicted molar refractivity (Wildman–Crippen MR) is 144 cm³/mol. The summed E-state index contributed by atoms with van der Waals surface area (Å²) < 4.78 is 11.9. The molecule has 4 rings (SSSR count). The second kappa shape index (κ2) is 12.8. The van der Waals surface area contributed by atoms with Crippen LogP contribution in [0.3, 0.4) is 0 Å². The maximum absolute atomic E-state index is 11.9. The molecule has 1 amide bonds. The number of anilines is 1. The van der Waals surface area contributed by atoms with Gasteiger partial charge in [0.05, 0.1) is 31.5 Å². The summed E-state index contributed by atoms with van der Waals surface area (Å²) in [5, 5.41) is 7.56. The van der Waals surface area contributed by atoms with Crippen LogP contribution in [0.2, 0.25) is 0 Å². The zero-order chi connectivity index (χ0) is 25.3. The standard InChI is InChI=1S/C28H39N5O3/c1-4-8-28(34)29-20-22-17-24(30-21-9-14-32(2)15-10-21)23-18-26(35-3)27(19-25(23)31-22)36-16-7-13-33-11-5-6-12-33/h17-19,21H,5-7,9-16,20H2,1-3H3,(H,29,34)(H,30,31). The van der Waals surface area contributed by atoms with Crippen LogP contribution < -0.4 is 20.1 Å². The molecular formula is C28H39N5O3. The molecule has 8 heteroatoms. The summed E-state index contributed by atoms with van der Waals surface area (Å²) in [6, 6.07) is 6.38. The van der Waals surface area contributed by atoms with E-state index in [2.05, 4.69) is 39.3 Å². The van der Waals surface area contributed by atoms with Crippen LogP contribution in [0, 0.1) is 11.8 Å². The number of hydrogen-bond acceptors (Lipinski definition) is 7. The van der Waals surface area contributed by atoms with Gasteiger partial charge in [0.25, 0.3) is 5.91 Å². The minimum absolute atomic E-state index is 0.305. The largest absolute Gasteiger partial charge is 0.493 e. The summed E-state index contributed by atoms with van der Waals surface area (Å²) in [6.07, 6.45) is 5.73. The summed E-state index contributed by atoms with van der Waals surface area (Å²) in [5.74, 6) is 6.25. The van der Waals surface area contributed by atoms with Crippen molar-refractivity contribution >= 4 is 22.5 Å². The average Bonchev–Trinajstić information content (AvgIpc) is 3.40. The molecule has 0 saturated carbocycles. The molecule has 0 atom stereocenters. The van der Waals surface area contributed by atoms with Crippen molar-refractivity contribution in [1.82, 2.24) is 20.1 Å². The van der Waals surface area contributed by atoms with E-state index in [-0.39, 0.29) is 5.91 Å². The molecule has 8 nitrogen and oxygen atoms in total. The van der Waals surface area contributed by atoms with Crippen LogP contribution in [-0.4, -0.2) is 80.2 Å². The summed E-state index contributed by atoms with van der Waals surface area (Å²) in [7, 11) is 3.84. The number of piperidine rings is 1. The highest BCUT2D eigenvalue weighted by Crippen LogP contribution is 2.36. The van der Waals surface area contributed by atoms with Crippen molar-refractivity contribution in [2.45, 2.75) is 51.6 Å². The number of carbonyl (C=O) groups is 1. The van der Waals surface area contributed by atoms with Gasteiger partial charge >= 0.3 is 0 Å². The molecule has 2 aromatic rings. The number of fused-ring (bicyclic) bond motifs is 1. The molecule has 0 bridgehead atoms. The number of aromatic nitrogens is 1. The van der Waals surface area contributed by atoms with E-state index in [0.29, 0.717) is 30.7 Å². The molecule has 2 aliphatic rings. The molecule has 2 aliphatic heterocycles. The molecule has 2 saturated heterocycles. The maximum Gasteiger partial charge on any atom is 0.296 e. The van der Waals surface area contributed by atoms with E-state index in [1.807, 2.05) is 18.2 Å². The Morgan fingerprint density at radius 2 is 1.92 bits per heavy atom. The summed E-state index contributed by atoms with van der Waals surface area (Å²) >= 11 is 0. The zero-order valence-electron chi connectivity index (χ0n) is 21.9. The number of carbonyl (C=O) groups excluding carboxylic acids is 1.